The first-order valence-corrected chi connectivity index (χ1v) is 8.42. The average Bonchev–Trinajstić information content (AvgIpc) is 2.43. The molecule has 1 aromatic carbocycles. The average molecular weight is 342 g/mol. The Balaban J connectivity index is 2.67. The van der Waals surface area contributed by atoms with Crippen LogP contribution < -0.4 is 21.5 Å². The SMILES string of the molecule is CS(=O)(=O)NCCc1ccc(C(=O)NC(C(N)=O)C(N)=O)cc1. The van der Waals surface area contributed by atoms with Gasteiger partial charge in [-0.1, -0.05) is 12.1 Å². The van der Waals surface area contributed by atoms with Crippen LogP contribution in [0, 0.1) is 0 Å². The third kappa shape index (κ3) is 6.45. The van der Waals surface area contributed by atoms with Gasteiger partial charge in [-0.05, 0) is 24.1 Å². The van der Waals surface area contributed by atoms with Crippen LogP contribution in [0.5, 0.6) is 0 Å². The minimum absolute atomic E-state index is 0.206. The van der Waals surface area contributed by atoms with E-state index < -0.39 is 33.8 Å². The van der Waals surface area contributed by atoms with Crippen LogP contribution in [-0.4, -0.2) is 45.0 Å². The normalized spacial score (nSPS) is 11.2. The second-order valence-electron chi connectivity index (χ2n) is 4.82. The van der Waals surface area contributed by atoms with Crippen LogP contribution >= 0.6 is 0 Å². The van der Waals surface area contributed by atoms with Crippen molar-refractivity contribution in [3.8, 4) is 0 Å². The number of hydrogen-bond acceptors (Lipinski definition) is 5. The van der Waals surface area contributed by atoms with Crippen molar-refractivity contribution in [2.24, 2.45) is 11.5 Å². The van der Waals surface area contributed by atoms with Crippen molar-refractivity contribution in [3.63, 3.8) is 0 Å². The van der Waals surface area contributed by atoms with E-state index in [2.05, 4.69) is 10.0 Å². The molecule has 0 atom stereocenters. The molecule has 0 aliphatic heterocycles. The maximum atomic E-state index is 11.9. The lowest BCUT2D eigenvalue weighted by Crippen LogP contribution is -2.52. The maximum absolute atomic E-state index is 11.9. The van der Waals surface area contributed by atoms with E-state index in [0.717, 1.165) is 11.8 Å². The highest BCUT2D eigenvalue weighted by atomic mass is 32.2. The third-order valence-electron chi connectivity index (χ3n) is 2.84. The monoisotopic (exact) mass is 342 g/mol. The fraction of sp³-hybridized carbons (Fsp3) is 0.308. The zero-order chi connectivity index (χ0) is 17.6. The van der Waals surface area contributed by atoms with Crippen molar-refractivity contribution in [3.05, 3.63) is 35.4 Å². The number of hydrogen-bond donors (Lipinski definition) is 4. The molecule has 0 unspecified atom stereocenters. The van der Waals surface area contributed by atoms with Gasteiger partial charge in [0.05, 0.1) is 6.26 Å². The lowest BCUT2D eigenvalue weighted by molar-refractivity contribution is -0.128. The summed E-state index contributed by atoms with van der Waals surface area (Å²) < 4.78 is 24.2. The molecule has 0 aliphatic carbocycles. The van der Waals surface area contributed by atoms with Crippen LogP contribution in [0.1, 0.15) is 15.9 Å². The summed E-state index contributed by atoms with van der Waals surface area (Å²) in [7, 11) is -3.25. The molecular weight excluding hydrogens is 324 g/mol. The number of carbonyl (C=O) groups is 3. The Labute approximate surface area is 133 Å². The Morgan fingerprint density at radius 2 is 1.61 bits per heavy atom. The van der Waals surface area contributed by atoms with Crippen molar-refractivity contribution in [1.29, 1.82) is 0 Å². The van der Waals surface area contributed by atoms with Crippen molar-refractivity contribution in [1.82, 2.24) is 10.0 Å². The number of nitrogens with two attached hydrogens (primary N) is 2. The van der Waals surface area contributed by atoms with Gasteiger partial charge >= 0.3 is 0 Å². The number of rotatable bonds is 8. The summed E-state index contributed by atoms with van der Waals surface area (Å²) in [5.74, 6) is -2.77. The van der Waals surface area contributed by atoms with Crippen LogP contribution in [-0.2, 0) is 26.0 Å². The Morgan fingerprint density at radius 1 is 1.09 bits per heavy atom. The molecule has 0 bridgehead atoms. The van der Waals surface area contributed by atoms with Crippen molar-refractivity contribution < 1.29 is 22.8 Å². The molecule has 0 saturated carbocycles. The van der Waals surface area contributed by atoms with Gasteiger partial charge in [0, 0.05) is 12.1 Å². The number of amides is 3. The minimum Gasteiger partial charge on any atom is -0.367 e. The predicted molar refractivity (Wildman–Crippen MR) is 82.6 cm³/mol. The molecule has 3 amide bonds. The van der Waals surface area contributed by atoms with Gasteiger partial charge in [-0.3, -0.25) is 14.4 Å². The highest BCUT2D eigenvalue weighted by Gasteiger charge is 2.24. The standard InChI is InChI=1S/C13H18N4O5S/c1-23(21,22)16-7-6-8-2-4-9(5-3-8)13(20)17-10(11(14)18)12(15)19/h2-5,10,16H,6-7H2,1H3,(H2,14,18)(H2,15,19)(H,17,20). The first-order chi connectivity index (χ1) is 10.6. The minimum atomic E-state index is -3.25. The summed E-state index contributed by atoms with van der Waals surface area (Å²) in [6.45, 7) is 0.232. The summed E-state index contributed by atoms with van der Waals surface area (Å²) in [4.78, 5) is 33.9. The fourth-order valence-corrected chi connectivity index (χ4v) is 2.17. The smallest absolute Gasteiger partial charge is 0.252 e. The van der Waals surface area contributed by atoms with Crippen LogP contribution in [0.25, 0.3) is 0 Å². The number of benzene rings is 1. The number of nitrogens with one attached hydrogen (secondary N) is 2. The number of sulfonamides is 1. The lowest BCUT2D eigenvalue weighted by Gasteiger charge is -2.12. The Kier molecular flexibility index (Phi) is 6.22. The molecule has 1 aromatic rings. The van der Waals surface area contributed by atoms with E-state index >= 15 is 0 Å². The molecule has 126 valence electrons. The van der Waals surface area contributed by atoms with Crippen LogP contribution in [0.3, 0.4) is 0 Å². The first-order valence-electron chi connectivity index (χ1n) is 6.53. The van der Waals surface area contributed by atoms with Gasteiger partial charge in [0.1, 0.15) is 0 Å². The van der Waals surface area contributed by atoms with Crippen molar-refractivity contribution in [2.45, 2.75) is 12.5 Å². The molecule has 0 saturated heterocycles. The Morgan fingerprint density at radius 3 is 2.04 bits per heavy atom. The molecule has 10 heteroatoms. The van der Waals surface area contributed by atoms with E-state index in [1.807, 2.05) is 0 Å². The molecule has 23 heavy (non-hydrogen) atoms. The van der Waals surface area contributed by atoms with Gasteiger partial charge < -0.3 is 16.8 Å². The van der Waals surface area contributed by atoms with Crippen LogP contribution in [0.4, 0.5) is 0 Å². The van der Waals surface area contributed by atoms with E-state index in [-0.39, 0.29) is 12.1 Å². The third-order valence-corrected chi connectivity index (χ3v) is 3.57. The highest BCUT2D eigenvalue weighted by Crippen LogP contribution is 2.05. The molecule has 0 spiro atoms. The van der Waals surface area contributed by atoms with Gasteiger partial charge in [-0.2, -0.15) is 0 Å². The zero-order valence-electron chi connectivity index (χ0n) is 12.4. The molecule has 0 aliphatic rings. The van der Waals surface area contributed by atoms with E-state index in [1.165, 1.54) is 12.1 Å². The quantitative estimate of drug-likeness (QED) is 0.395. The van der Waals surface area contributed by atoms with E-state index in [1.54, 1.807) is 12.1 Å². The lowest BCUT2D eigenvalue weighted by atomic mass is 10.1. The summed E-state index contributed by atoms with van der Waals surface area (Å²) >= 11 is 0. The summed E-state index contributed by atoms with van der Waals surface area (Å²) in [6.07, 6.45) is 1.51. The molecule has 0 aromatic heterocycles. The summed E-state index contributed by atoms with van der Waals surface area (Å²) in [6, 6.07) is 4.63. The molecule has 0 radical (unpaired) electrons. The molecule has 9 nitrogen and oxygen atoms in total. The van der Waals surface area contributed by atoms with Gasteiger partial charge in [0.2, 0.25) is 21.8 Å². The maximum Gasteiger partial charge on any atom is 0.252 e. The summed E-state index contributed by atoms with van der Waals surface area (Å²) in [5.41, 5.74) is 10.9. The van der Waals surface area contributed by atoms with Crippen LogP contribution in [0.2, 0.25) is 0 Å². The fourth-order valence-electron chi connectivity index (χ4n) is 1.70. The number of carbonyl (C=O) groups excluding carboxylic acids is 3. The topological polar surface area (TPSA) is 161 Å². The molecule has 0 fully saturated rings. The Hall–Kier alpha value is -2.46. The molecule has 1 rings (SSSR count). The Bertz CT molecular complexity index is 686. The van der Waals surface area contributed by atoms with Crippen molar-refractivity contribution >= 4 is 27.7 Å². The highest BCUT2D eigenvalue weighted by molar-refractivity contribution is 7.88. The summed E-state index contributed by atoms with van der Waals surface area (Å²) in [5, 5.41) is 2.14. The van der Waals surface area contributed by atoms with Crippen LogP contribution in [0.15, 0.2) is 24.3 Å². The predicted octanol–water partition coefficient (Wildman–Crippen LogP) is -2.15. The van der Waals surface area contributed by atoms with E-state index in [0.29, 0.717) is 6.42 Å². The first kappa shape index (κ1) is 18.6. The largest absolute Gasteiger partial charge is 0.367 e. The number of primary amides is 2. The molecule has 0 heterocycles. The van der Waals surface area contributed by atoms with Gasteiger partial charge in [-0.25, -0.2) is 13.1 Å². The zero-order valence-corrected chi connectivity index (χ0v) is 13.2. The van der Waals surface area contributed by atoms with Gasteiger partial charge in [0.25, 0.3) is 5.91 Å². The molecular formula is C13H18N4O5S. The van der Waals surface area contributed by atoms with Gasteiger partial charge in [-0.15, -0.1) is 0 Å². The van der Waals surface area contributed by atoms with Gasteiger partial charge in [0.15, 0.2) is 6.04 Å². The van der Waals surface area contributed by atoms with Crippen molar-refractivity contribution in [2.75, 3.05) is 12.8 Å². The molecule has 6 N–H and O–H groups in total. The second kappa shape index (κ2) is 7.70. The van der Waals surface area contributed by atoms with E-state index in [9.17, 15) is 22.8 Å². The van der Waals surface area contributed by atoms with E-state index in [4.69, 9.17) is 11.5 Å². The second-order valence-corrected chi connectivity index (χ2v) is 6.66.